The van der Waals surface area contributed by atoms with Crippen molar-refractivity contribution in [3.63, 3.8) is 0 Å². The maximum absolute atomic E-state index is 13.2. The number of nitrogens with two attached hydrogens (primary N) is 1. The number of rotatable bonds is 4. The Labute approximate surface area is 164 Å². The third-order valence-electron chi connectivity index (χ3n) is 5.05. The Kier molecular flexibility index (Phi) is 4.54. The van der Waals surface area contributed by atoms with Crippen LogP contribution in [0.4, 0.5) is 20.4 Å². The van der Waals surface area contributed by atoms with Gasteiger partial charge in [0.2, 0.25) is 5.91 Å². The number of nitrogens with zero attached hydrogens (tertiary/aromatic N) is 4. The molecule has 1 saturated carbocycles. The lowest BCUT2D eigenvalue weighted by atomic mass is 10.0. The maximum atomic E-state index is 13.2. The smallest absolute Gasteiger partial charge is 0.265 e. The second-order valence-electron chi connectivity index (χ2n) is 6.95. The molecule has 3 heterocycles. The molecule has 0 aromatic carbocycles. The lowest BCUT2D eigenvalue weighted by Crippen LogP contribution is -2.15. The molecule has 4 rings (SSSR count). The second-order valence-corrected chi connectivity index (χ2v) is 6.95. The molecule has 9 heteroatoms. The van der Waals surface area contributed by atoms with Gasteiger partial charge in [0.05, 0.1) is 23.6 Å². The van der Waals surface area contributed by atoms with Crippen molar-refractivity contribution >= 4 is 28.3 Å². The summed E-state index contributed by atoms with van der Waals surface area (Å²) < 4.78 is 26.4. The Morgan fingerprint density at radius 3 is 2.83 bits per heavy atom. The molecule has 29 heavy (non-hydrogen) atoms. The van der Waals surface area contributed by atoms with Crippen LogP contribution in [-0.2, 0) is 4.79 Å². The van der Waals surface area contributed by atoms with E-state index in [-0.39, 0.29) is 29.1 Å². The van der Waals surface area contributed by atoms with Crippen molar-refractivity contribution in [1.82, 2.24) is 15.0 Å². The van der Waals surface area contributed by atoms with Gasteiger partial charge in [-0.2, -0.15) is 5.26 Å². The van der Waals surface area contributed by atoms with Crippen LogP contribution < -0.4 is 11.1 Å². The third kappa shape index (κ3) is 3.45. The molecule has 0 bridgehead atoms. The number of nitriles is 1. The highest BCUT2D eigenvalue weighted by molar-refractivity contribution is 5.98. The Hall–Kier alpha value is -3.67. The molecule has 7 nitrogen and oxygen atoms in total. The minimum atomic E-state index is -2.65. The van der Waals surface area contributed by atoms with Gasteiger partial charge in [0.1, 0.15) is 11.6 Å². The standard InChI is InChI=1S/C20H16F2N6O/c1-9-13(6-25-7-14(9)18(21)22)16-3-10-4-17(26-8-15(10)19(24)27-16)28-20(29)12-2-11(12)5-23/h3-4,6-8,11-12,18H,2H2,1H3,(H2,24,27)(H,26,28,29)/t11-,12?/m0/s1. The average Bonchev–Trinajstić information content (AvgIpc) is 3.47. The molecule has 0 radical (unpaired) electrons. The number of nitrogens with one attached hydrogen (secondary N) is 1. The number of amides is 1. The van der Waals surface area contributed by atoms with E-state index in [1.807, 2.05) is 0 Å². The Bertz CT molecular complexity index is 1170. The van der Waals surface area contributed by atoms with E-state index in [2.05, 4.69) is 26.3 Å². The summed E-state index contributed by atoms with van der Waals surface area (Å²) in [5, 5.41) is 12.8. The number of carbonyl (C=O) groups excluding carboxylic acids is 1. The number of nitrogen functional groups attached to an aromatic ring is 1. The number of halogens is 2. The number of pyridine rings is 3. The van der Waals surface area contributed by atoms with Gasteiger partial charge in [0, 0.05) is 35.1 Å². The van der Waals surface area contributed by atoms with Gasteiger partial charge < -0.3 is 11.1 Å². The van der Waals surface area contributed by atoms with Crippen LogP contribution in [0.5, 0.6) is 0 Å². The van der Waals surface area contributed by atoms with E-state index in [0.29, 0.717) is 39.8 Å². The number of hydrogen-bond acceptors (Lipinski definition) is 6. The topological polar surface area (TPSA) is 118 Å². The van der Waals surface area contributed by atoms with Crippen molar-refractivity contribution in [3.8, 4) is 17.3 Å². The fourth-order valence-electron chi connectivity index (χ4n) is 3.25. The molecule has 3 aromatic rings. The monoisotopic (exact) mass is 394 g/mol. The van der Waals surface area contributed by atoms with Gasteiger partial charge in [-0.15, -0.1) is 0 Å². The number of anilines is 2. The first-order valence-electron chi connectivity index (χ1n) is 8.88. The first-order valence-corrected chi connectivity index (χ1v) is 8.88. The van der Waals surface area contributed by atoms with Crippen LogP contribution in [0.1, 0.15) is 24.0 Å². The zero-order valence-electron chi connectivity index (χ0n) is 15.4. The molecule has 2 atom stereocenters. The van der Waals surface area contributed by atoms with E-state index < -0.39 is 6.43 Å². The van der Waals surface area contributed by atoms with Crippen molar-refractivity contribution < 1.29 is 13.6 Å². The number of alkyl halides is 2. The fraction of sp³-hybridized carbons (Fsp3) is 0.250. The van der Waals surface area contributed by atoms with Gasteiger partial charge in [0.25, 0.3) is 6.43 Å². The molecule has 0 aliphatic heterocycles. The normalized spacial score (nSPS) is 17.9. The second kappa shape index (κ2) is 7.05. The van der Waals surface area contributed by atoms with Crippen LogP contribution in [0.15, 0.2) is 30.7 Å². The molecule has 0 saturated heterocycles. The highest BCUT2D eigenvalue weighted by Crippen LogP contribution is 2.38. The largest absolute Gasteiger partial charge is 0.383 e. The molecular formula is C20H16F2N6O. The Balaban J connectivity index is 1.72. The van der Waals surface area contributed by atoms with Gasteiger partial charge in [-0.05, 0) is 36.4 Å². The molecule has 1 amide bonds. The van der Waals surface area contributed by atoms with Gasteiger partial charge in [-0.25, -0.2) is 18.7 Å². The number of hydrogen-bond donors (Lipinski definition) is 2. The van der Waals surface area contributed by atoms with Crippen LogP contribution in [0, 0.1) is 30.1 Å². The molecule has 3 aromatic heterocycles. The quantitative estimate of drug-likeness (QED) is 0.698. The van der Waals surface area contributed by atoms with Crippen LogP contribution in [0.2, 0.25) is 0 Å². The molecule has 1 aliphatic carbocycles. The van der Waals surface area contributed by atoms with Gasteiger partial charge in [-0.3, -0.25) is 9.78 Å². The summed E-state index contributed by atoms with van der Waals surface area (Å²) in [6.07, 6.45) is 1.99. The number of fused-ring (bicyclic) bond motifs is 1. The summed E-state index contributed by atoms with van der Waals surface area (Å²) in [5.74, 6) is -0.313. The first kappa shape index (κ1) is 18.7. The molecule has 0 spiro atoms. The highest BCUT2D eigenvalue weighted by Gasteiger charge is 2.43. The lowest BCUT2D eigenvalue weighted by Gasteiger charge is -2.12. The molecule has 3 N–H and O–H groups in total. The van der Waals surface area contributed by atoms with Crippen molar-refractivity contribution in [2.75, 3.05) is 11.1 Å². The lowest BCUT2D eigenvalue weighted by molar-refractivity contribution is -0.117. The predicted molar refractivity (Wildman–Crippen MR) is 103 cm³/mol. The van der Waals surface area contributed by atoms with Crippen molar-refractivity contribution in [3.05, 3.63) is 41.9 Å². The summed E-state index contributed by atoms with van der Waals surface area (Å²) in [6, 6.07) is 5.40. The zero-order valence-corrected chi connectivity index (χ0v) is 15.4. The van der Waals surface area contributed by atoms with E-state index in [0.717, 1.165) is 6.20 Å². The van der Waals surface area contributed by atoms with Crippen molar-refractivity contribution in [2.24, 2.45) is 11.8 Å². The summed E-state index contributed by atoms with van der Waals surface area (Å²) in [4.78, 5) is 24.5. The average molecular weight is 394 g/mol. The molecule has 1 unspecified atom stereocenters. The van der Waals surface area contributed by atoms with E-state index in [1.165, 1.54) is 12.4 Å². The number of aromatic nitrogens is 3. The van der Waals surface area contributed by atoms with Gasteiger partial charge >= 0.3 is 0 Å². The Morgan fingerprint density at radius 1 is 1.34 bits per heavy atom. The third-order valence-corrected chi connectivity index (χ3v) is 5.05. The van der Waals surface area contributed by atoms with Gasteiger partial charge in [0.15, 0.2) is 0 Å². The van der Waals surface area contributed by atoms with Crippen LogP contribution in [0.3, 0.4) is 0 Å². The number of carbonyl (C=O) groups is 1. The summed E-state index contributed by atoms with van der Waals surface area (Å²) in [6.45, 7) is 1.58. The maximum Gasteiger partial charge on any atom is 0.265 e. The van der Waals surface area contributed by atoms with E-state index in [9.17, 15) is 13.6 Å². The minimum absolute atomic E-state index is 0.165. The summed E-state index contributed by atoms with van der Waals surface area (Å²) >= 11 is 0. The molecule has 146 valence electrons. The first-order chi connectivity index (χ1) is 13.9. The van der Waals surface area contributed by atoms with Gasteiger partial charge in [-0.1, -0.05) is 0 Å². The van der Waals surface area contributed by atoms with Crippen molar-refractivity contribution in [2.45, 2.75) is 19.8 Å². The van der Waals surface area contributed by atoms with E-state index in [1.54, 1.807) is 19.1 Å². The van der Waals surface area contributed by atoms with Crippen LogP contribution in [-0.4, -0.2) is 20.9 Å². The minimum Gasteiger partial charge on any atom is -0.383 e. The van der Waals surface area contributed by atoms with Crippen LogP contribution in [0.25, 0.3) is 22.0 Å². The van der Waals surface area contributed by atoms with Crippen LogP contribution >= 0.6 is 0 Å². The SMILES string of the molecule is Cc1c(-c2cc3cc(NC(=O)C4C[C@H]4C#N)ncc3c(N)n2)cncc1C(F)F. The summed E-state index contributed by atoms with van der Waals surface area (Å²) in [7, 11) is 0. The molecule has 1 aliphatic rings. The fourth-order valence-corrected chi connectivity index (χ4v) is 3.25. The summed E-state index contributed by atoms with van der Waals surface area (Å²) in [5.41, 5.74) is 7.11. The molecule has 1 fully saturated rings. The van der Waals surface area contributed by atoms with E-state index >= 15 is 0 Å². The highest BCUT2D eigenvalue weighted by atomic mass is 19.3. The van der Waals surface area contributed by atoms with Crippen molar-refractivity contribution in [1.29, 1.82) is 5.26 Å². The predicted octanol–water partition coefficient (Wildman–Crippen LogP) is 3.62. The van der Waals surface area contributed by atoms with E-state index in [4.69, 9.17) is 11.0 Å². The Morgan fingerprint density at radius 2 is 2.14 bits per heavy atom. The zero-order chi connectivity index (χ0) is 20.7. The molecular weight excluding hydrogens is 378 g/mol.